The van der Waals surface area contributed by atoms with Gasteiger partial charge in [-0.05, 0) is 30.3 Å². The highest BCUT2D eigenvalue weighted by Crippen LogP contribution is 2.28. The van der Waals surface area contributed by atoms with Gasteiger partial charge in [-0.1, -0.05) is 0 Å². The average molecular weight is 320 g/mol. The van der Waals surface area contributed by atoms with Crippen molar-refractivity contribution in [2.75, 3.05) is 13.4 Å². The first kappa shape index (κ1) is 14.4. The van der Waals surface area contributed by atoms with Gasteiger partial charge < -0.3 is 13.3 Å². The van der Waals surface area contributed by atoms with Crippen molar-refractivity contribution < 1.29 is 21.8 Å². The summed E-state index contributed by atoms with van der Waals surface area (Å²) in [5.74, 6) is 0.641. The second-order valence-electron chi connectivity index (χ2n) is 4.75. The average Bonchev–Trinajstić information content (AvgIpc) is 2.45. The van der Waals surface area contributed by atoms with Crippen LogP contribution in [0, 0.1) is 0 Å². The minimum Gasteiger partial charge on any atom is -0.497 e. The topological polar surface area (TPSA) is 82.8 Å². The molecule has 7 heteroatoms. The molecule has 0 aliphatic heterocycles. The van der Waals surface area contributed by atoms with E-state index in [0.29, 0.717) is 21.9 Å². The Labute approximate surface area is 126 Å². The van der Waals surface area contributed by atoms with Crippen LogP contribution < -0.4 is 14.5 Å². The Hall–Kier alpha value is -2.54. The summed E-state index contributed by atoms with van der Waals surface area (Å²) >= 11 is 0. The van der Waals surface area contributed by atoms with E-state index in [1.54, 1.807) is 24.3 Å². The number of benzene rings is 2. The van der Waals surface area contributed by atoms with Crippen LogP contribution in [0.3, 0.4) is 0 Å². The van der Waals surface area contributed by atoms with Gasteiger partial charge in [-0.15, -0.1) is 0 Å². The molecule has 0 spiro atoms. The van der Waals surface area contributed by atoms with Gasteiger partial charge in [0, 0.05) is 16.8 Å². The van der Waals surface area contributed by atoms with Crippen LogP contribution in [0.2, 0.25) is 0 Å². The Morgan fingerprint density at radius 2 is 1.64 bits per heavy atom. The van der Waals surface area contributed by atoms with Gasteiger partial charge >= 0.3 is 15.7 Å². The number of fused-ring (bicyclic) bond motifs is 3. The molecule has 0 N–H and O–H groups in total. The third kappa shape index (κ3) is 2.62. The summed E-state index contributed by atoms with van der Waals surface area (Å²) in [6, 6.07) is 9.62. The van der Waals surface area contributed by atoms with Gasteiger partial charge in [-0.2, -0.15) is 8.42 Å². The Balaban J connectivity index is 2.28. The first-order chi connectivity index (χ1) is 10.4. The van der Waals surface area contributed by atoms with Crippen LogP contribution in [0.4, 0.5) is 0 Å². The van der Waals surface area contributed by atoms with E-state index >= 15 is 0 Å². The molecule has 3 aromatic rings. The summed E-state index contributed by atoms with van der Waals surface area (Å²) in [4.78, 5) is 12.1. The maximum atomic E-state index is 12.1. The highest BCUT2D eigenvalue weighted by Gasteiger charge is 2.11. The van der Waals surface area contributed by atoms with Crippen LogP contribution in [0.1, 0.15) is 0 Å². The molecular weight excluding hydrogens is 308 g/mol. The van der Waals surface area contributed by atoms with Crippen LogP contribution >= 0.6 is 0 Å². The number of ether oxygens (including phenoxy) is 1. The van der Waals surface area contributed by atoms with E-state index in [1.807, 2.05) is 0 Å². The van der Waals surface area contributed by atoms with Crippen LogP contribution in [-0.4, -0.2) is 21.8 Å². The lowest BCUT2D eigenvalue weighted by molar-refractivity contribution is 0.415. The van der Waals surface area contributed by atoms with Gasteiger partial charge in [0.25, 0.3) is 0 Å². The predicted octanol–water partition coefficient (Wildman–Crippen LogP) is 2.29. The zero-order chi connectivity index (χ0) is 15.9. The summed E-state index contributed by atoms with van der Waals surface area (Å²) in [6.45, 7) is 0. The number of methoxy groups -OCH3 is 1. The highest BCUT2D eigenvalue weighted by atomic mass is 32.2. The maximum absolute atomic E-state index is 12.1. The molecule has 0 aliphatic carbocycles. The van der Waals surface area contributed by atoms with E-state index < -0.39 is 15.7 Å². The van der Waals surface area contributed by atoms with Crippen molar-refractivity contribution in [3.8, 4) is 11.5 Å². The summed E-state index contributed by atoms with van der Waals surface area (Å²) in [7, 11) is -2.13. The van der Waals surface area contributed by atoms with Crippen molar-refractivity contribution in [1.29, 1.82) is 0 Å². The quantitative estimate of drug-likeness (QED) is 0.418. The van der Waals surface area contributed by atoms with Crippen LogP contribution in [0.15, 0.2) is 45.6 Å². The molecule has 1 heterocycles. The normalized spacial score (nSPS) is 11.7. The van der Waals surface area contributed by atoms with Gasteiger partial charge in [0.2, 0.25) is 0 Å². The van der Waals surface area contributed by atoms with Gasteiger partial charge in [0.1, 0.15) is 17.1 Å². The van der Waals surface area contributed by atoms with Crippen LogP contribution in [-0.2, 0) is 10.1 Å². The molecule has 0 atom stereocenters. The van der Waals surface area contributed by atoms with Gasteiger partial charge in [-0.3, -0.25) is 0 Å². The monoisotopic (exact) mass is 320 g/mol. The van der Waals surface area contributed by atoms with E-state index in [1.165, 1.54) is 19.2 Å². The Morgan fingerprint density at radius 3 is 2.32 bits per heavy atom. The van der Waals surface area contributed by atoms with E-state index in [2.05, 4.69) is 0 Å². The standard InChI is InChI=1S/C15H12O6S/c1-19-9-3-5-11-12-6-4-10(21-22(2,17)18)8-14(12)20-15(16)13(11)7-9/h3-8H,1-2H3. The minimum absolute atomic E-state index is 0.0889. The first-order valence-corrected chi connectivity index (χ1v) is 8.13. The fourth-order valence-electron chi connectivity index (χ4n) is 2.25. The molecule has 0 radical (unpaired) electrons. The fraction of sp³-hybridized carbons (Fsp3) is 0.133. The van der Waals surface area contributed by atoms with Gasteiger partial charge in [-0.25, -0.2) is 4.79 Å². The molecule has 22 heavy (non-hydrogen) atoms. The second kappa shape index (κ2) is 5.03. The van der Waals surface area contributed by atoms with Crippen LogP contribution in [0.25, 0.3) is 21.7 Å². The molecular formula is C15H12O6S. The SMILES string of the molecule is COc1ccc2c(c1)c(=O)oc1cc(OS(C)(=O)=O)ccc12. The molecule has 114 valence electrons. The van der Waals surface area contributed by atoms with Crippen molar-refractivity contribution in [2.24, 2.45) is 0 Å². The highest BCUT2D eigenvalue weighted by molar-refractivity contribution is 7.86. The van der Waals surface area contributed by atoms with Crippen molar-refractivity contribution in [3.05, 3.63) is 46.8 Å². The third-order valence-corrected chi connectivity index (χ3v) is 3.64. The molecule has 0 amide bonds. The molecule has 0 saturated carbocycles. The maximum Gasteiger partial charge on any atom is 0.344 e. The first-order valence-electron chi connectivity index (χ1n) is 6.31. The lowest BCUT2D eigenvalue weighted by Crippen LogP contribution is -2.06. The van der Waals surface area contributed by atoms with Crippen molar-refractivity contribution >= 4 is 31.9 Å². The van der Waals surface area contributed by atoms with E-state index in [9.17, 15) is 13.2 Å². The predicted molar refractivity (Wildman–Crippen MR) is 82.0 cm³/mol. The lowest BCUT2D eigenvalue weighted by Gasteiger charge is -2.07. The summed E-state index contributed by atoms with van der Waals surface area (Å²) in [6.07, 6.45) is 0.944. The second-order valence-corrected chi connectivity index (χ2v) is 6.32. The number of hydrogen-bond acceptors (Lipinski definition) is 6. The Kier molecular flexibility index (Phi) is 3.29. The Bertz CT molecular complexity index is 1030. The van der Waals surface area contributed by atoms with Gasteiger partial charge in [0.05, 0.1) is 18.8 Å². The van der Waals surface area contributed by atoms with E-state index in [-0.39, 0.29) is 11.3 Å². The third-order valence-electron chi connectivity index (χ3n) is 3.14. The van der Waals surface area contributed by atoms with Crippen molar-refractivity contribution in [3.63, 3.8) is 0 Å². The molecule has 6 nitrogen and oxygen atoms in total. The van der Waals surface area contributed by atoms with E-state index in [0.717, 1.165) is 6.26 Å². The zero-order valence-electron chi connectivity index (χ0n) is 11.8. The van der Waals surface area contributed by atoms with Crippen molar-refractivity contribution in [2.45, 2.75) is 0 Å². The zero-order valence-corrected chi connectivity index (χ0v) is 12.6. The summed E-state index contributed by atoms with van der Waals surface area (Å²) in [5.41, 5.74) is -0.276. The minimum atomic E-state index is -3.64. The molecule has 0 fully saturated rings. The molecule has 3 rings (SSSR count). The van der Waals surface area contributed by atoms with E-state index in [4.69, 9.17) is 13.3 Å². The number of rotatable bonds is 3. The molecule has 0 saturated heterocycles. The van der Waals surface area contributed by atoms with Crippen molar-refractivity contribution in [1.82, 2.24) is 0 Å². The lowest BCUT2D eigenvalue weighted by atomic mass is 10.1. The summed E-state index contributed by atoms with van der Waals surface area (Å²) < 4.78 is 37.4. The number of hydrogen-bond donors (Lipinski definition) is 0. The summed E-state index contributed by atoms with van der Waals surface area (Å²) in [5, 5.41) is 1.76. The smallest absolute Gasteiger partial charge is 0.344 e. The molecule has 0 aliphatic rings. The molecule has 0 unspecified atom stereocenters. The Morgan fingerprint density at radius 1 is 0.955 bits per heavy atom. The molecule has 0 bridgehead atoms. The largest absolute Gasteiger partial charge is 0.497 e. The molecule has 2 aromatic carbocycles. The molecule has 1 aromatic heterocycles. The van der Waals surface area contributed by atoms with Crippen LogP contribution in [0.5, 0.6) is 11.5 Å². The van der Waals surface area contributed by atoms with Gasteiger partial charge in [0.15, 0.2) is 0 Å². The fourth-order valence-corrected chi connectivity index (χ4v) is 2.70.